The van der Waals surface area contributed by atoms with E-state index in [9.17, 15) is 9.59 Å². The lowest BCUT2D eigenvalue weighted by molar-refractivity contribution is -0.130. The number of benzene rings is 1. The normalized spacial score (nSPS) is 18.5. The molecule has 1 fully saturated rings. The first-order chi connectivity index (χ1) is 10.1. The van der Waals surface area contributed by atoms with Gasteiger partial charge in [0.2, 0.25) is 0 Å². The van der Waals surface area contributed by atoms with E-state index >= 15 is 0 Å². The monoisotopic (exact) mass is 309 g/mol. The molecule has 0 radical (unpaired) electrons. The molecular formula is C15H20ClN3O2. The number of likely N-dealkylation sites (tertiary alicyclic amines) is 1. The van der Waals surface area contributed by atoms with E-state index in [-0.39, 0.29) is 17.8 Å². The van der Waals surface area contributed by atoms with Crippen LogP contribution in [-0.2, 0) is 16.1 Å². The highest BCUT2D eigenvalue weighted by Gasteiger charge is 2.30. The Morgan fingerprint density at radius 3 is 2.67 bits per heavy atom. The number of alkyl halides is 1. The lowest BCUT2D eigenvalue weighted by Crippen LogP contribution is -2.50. The lowest BCUT2D eigenvalue weighted by Gasteiger charge is -2.23. The van der Waals surface area contributed by atoms with Crippen molar-refractivity contribution >= 4 is 23.4 Å². The van der Waals surface area contributed by atoms with E-state index in [1.807, 2.05) is 0 Å². The Morgan fingerprint density at radius 1 is 1.29 bits per heavy atom. The van der Waals surface area contributed by atoms with Crippen LogP contribution in [0.4, 0.5) is 0 Å². The van der Waals surface area contributed by atoms with Crippen LogP contribution in [0.5, 0.6) is 0 Å². The lowest BCUT2D eigenvalue weighted by atomic mass is 10.1. The molecule has 1 aromatic carbocycles. The van der Waals surface area contributed by atoms with E-state index in [1.165, 1.54) is 11.1 Å². The topological polar surface area (TPSA) is 61.4 Å². The Labute approximate surface area is 129 Å². The van der Waals surface area contributed by atoms with Gasteiger partial charge in [-0.05, 0) is 31.9 Å². The third kappa shape index (κ3) is 4.44. The van der Waals surface area contributed by atoms with Crippen molar-refractivity contribution in [3.63, 3.8) is 0 Å². The molecule has 1 aromatic rings. The van der Waals surface area contributed by atoms with Crippen LogP contribution >= 0.6 is 11.6 Å². The van der Waals surface area contributed by atoms with Crippen LogP contribution in [0.1, 0.15) is 24.0 Å². The SMILES string of the molecule is Cc1ccc(CN2CCCC2C(=O)NNC(=O)CCl)cc1. The molecule has 2 N–H and O–H groups in total. The number of rotatable bonds is 4. The van der Waals surface area contributed by atoms with E-state index in [2.05, 4.69) is 46.9 Å². The third-order valence-corrected chi connectivity index (χ3v) is 3.86. The molecule has 5 nitrogen and oxygen atoms in total. The quantitative estimate of drug-likeness (QED) is 0.652. The van der Waals surface area contributed by atoms with Gasteiger partial charge in [-0.15, -0.1) is 11.6 Å². The van der Waals surface area contributed by atoms with Crippen molar-refractivity contribution in [2.75, 3.05) is 12.4 Å². The molecule has 0 aromatic heterocycles. The van der Waals surface area contributed by atoms with Gasteiger partial charge in [-0.2, -0.15) is 0 Å². The predicted octanol–water partition coefficient (Wildman–Crippen LogP) is 1.35. The Morgan fingerprint density at radius 2 is 2.00 bits per heavy atom. The number of aryl methyl sites for hydroxylation is 1. The summed E-state index contributed by atoms with van der Waals surface area (Å²) in [5, 5.41) is 0. The molecular weight excluding hydrogens is 290 g/mol. The van der Waals surface area contributed by atoms with E-state index in [4.69, 9.17) is 11.6 Å². The summed E-state index contributed by atoms with van der Waals surface area (Å²) >= 11 is 5.37. The number of nitrogens with one attached hydrogen (secondary N) is 2. The van der Waals surface area contributed by atoms with Crippen molar-refractivity contribution in [1.29, 1.82) is 0 Å². The second kappa shape index (κ2) is 7.43. The van der Waals surface area contributed by atoms with Crippen LogP contribution in [-0.4, -0.2) is 35.2 Å². The zero-order chi connectivity index (χ0) is 15.2. The fourth-order valence-electron chi connectivity index (χ4n) is 2.49. The minimum atomic E-state index is -0.409. The van der Waals surface area contributed by atoms with Crippen molar-refractivity contribution < 1.29 is 9.59 Å². The highest BCUT2D eigenvalue weighted by atomic mass is 35.5. The summed E-state index contributed by atoms with van der Waals surface area (Å²) in [5.41, 5.74) is 7.15. The highest BCUT2D eigenvalue weighted by Crippen LogP contribution is 2.20. The van der Waals surface area contributed by atoms with Gasteiger partial charge < -0.3 is 0 Å². The number of hydrazine groups is 1. The van der Waals surface area contributed by atoms with Crippen molar-refractivity contribution in [1.82, 2.24) is 15.8 Å². The Balaban J connectivity index is 1.91. The molecule has 1 unspecified atom stereocenters. The Hall–Kier alpha value is -1.59. The van der Waals surface area contributed by atoms with Crippen LogP contribution in [0.15, 0.2) is 24.3 Å². The molecule has 21 heavy (non-hydrogen) atoms. The summed E-state index contributed by atoms with van der Waals surface area (Å²) in [4.78, 5) is 25.3. The smallest absolute Gasteiger partial charge is 0.255 e. The first-order valence-corrected chi connectivity index (χ1v) is 7.58. The zero-order valence-electron chi connectivity index (χ0n) is 12.1. The zero-order valence-corrected chi connectivity index (χ0v) is 12.8. The molecule has 2 amide bonds. The van der Waals surface area contributed by atoms with Gasteiger partial charge in [-0.1, -0.05) is 29.8 Å². The number of carbonyl (C=O) groups is 2. The maximum Gasteiger partial charge on any atom is 0.255 e. The fourth-order valence-corrected chi connectivity index (χ4v) is 2.56. The number of halogens is 1. The standard InChI is InChI=1S/C15H20ClN3O2/c1-11-4-6-12(7-5-11)10-19-8-2-3-13(19)15(21)18-17-14(20)9-16/h4-7,13H,2-3,8-10H2,1H3,(H,17,20)(H,18,21). The Kier molecular flexibility index (Phi) is 5.59. The molecule has 114 valence electrons. The molecule has 1 aliphatic heterocycles. The Bertz CT molecular complexity index is 504. The van der Waals surface area contributed by atoms with E-state index in [1.54, 1.807) is 0 Å². The van der Waals surface area contributed by atoms with Crippen LogP contribution in [0, 0.1) is 6.92 Å². The van der Waals surface area contributed by atoms with Crippen LogP contribution < -0.4 is 10.9 Å². The van der Waals surface area contributed by atoms with Gasteiger partial charge in [0, 0.05) is 6.54 Å². The van der Waals surface area contributed by atoms with Crippen molar-refractivity contribution in [2.45, 2.75) is 32.4 Å². The molecule has 1 saturated heterocycles. The van der Waals surface area contributed by atoms with Gasteiger partial charge >= 0.3 is 0 Å². The average molecular weight is 310 g/mol. The van der Waals surface area contributed by atoms with Gasteiger partial charge in [-0.3, -0.25) is 25.3 Å². The molecule has 0 bridgehead atoms. The molecule has 6 heteroatoms. The maximum absolute atomic E-state index is 12.1. The van der Waals surface area contributed by atoms with Gasteiger partial charge in [0.15, 0.2) is 0 Å². The summed E-state index contributed by atoms with van der Waals surface area (Å²) in [5.74, 6) is -0.760. The summed E-state index contributed by atoms with van der Waals surface area (Å²) < 4.78 is 0. The highest BCUT2D eigenvalue weighted by molar-refractivity contribution is 6.27. The molecule has 2 rings (SSSR count). The van der Waals surface area contributed by atoms with E-state index in [0.717, 1.165) is 25.9 Å². The third-order valence-electron chi connectivity index (χ3n) is 3.62. The van der Waals surface area contributed by atoms with Crippen LogP contribution in [0.25, 0.3) is 0 Å². The van der Waals surface area contributed by atoms with Crippen LogP contribution in [0.3, 0.4) is 0 Å². The summed E-state index contributed by atoms with van der Waals surface area (Å²) in [6.45, 7) is 3.67. The molecule has 0 aliphatic carbocycles. The van der Waals surface area contributed by atoms with Gasteiger partial charge in [0.25, 0.3) is 11.8 Å². The maximum atomic E-state index is 12.1. The second-order valence-corrected chi connectivity index (χ2v) is 5.55. The fraction of sp³-hybridized carbons (Fsp3) is 0.467. The van der Waals surface area contributed by atoms with Crippen molar-refractivity contribution in [3.05, 3.63) is 35.4 Å². The molecule has 0 spiro atoms. The molecule has 1 aliphatic rings. The average Bonchev–Trinajstić information content (AvgIpc) is 2.95. The molecule has 0 saturated carbocycles. The number of hydrogen-bond donors (Lipinski definition) is 2. The summed E-state index contributed by atoms with van der Waals surface area (Å²) in [6.07, 6.45) is 1.78. The largest absolute Gasteiger partial charge is 0.288 e. The van der Waals surface area contributed by atoms with Crippen molar-refractivity contribution in [3.8, 4) is 0 Å². The molecule has 1 heterocycles. The number of carbonyl (C=O) groups excluding carboxylic acids is 2. The number of amides is 2. The molecule has 1 atom stereocenters. The van der Waals surface area contributed by atoms with Crippen molar-refractivity contribution in [2.24, 2.45) is 0 Å². The first-order valence-electron chi connectivity index (χ1n) is 7.04. The first kappa shape index (κ1) is 15.8. The second-order valence-electron chi connectivity index (χ2n) is 5.29. The predicted molar refractivity (Wildman–Crippen MR) is 81.6 cm³/mol. The summed E-state index contributed by atoms with van der Waals surface area (Å²) in [7, 11) is 0. The van der Waals surface area contributed by atoms with Crippen LogP contribution in [0.2, 0.25) is 0 Å². The van der Waals surface area contributed by atoms with Gasteiger partial charge in [-0.25, -0.2) is 0 Å². The van der Waals surface area contributed by atoms with Gasteiger partial charge in [0.1, 0.15) is 5.88 Å². The minimum Gasteiger partial charge on any atom is -0.288 e. The number of hydrogen-bond acceptors (Lipinski definition) is 3. The van der Waals surface area contributed by atoms with E-state index < -0.39 is 5.91 Å². The minimum absolute atomic E-state index is 0.169. The van der Waals surface area contributed by atoms with Gasteiger partial charge in [0.05, 0.1) is 6.04 Å². The summed E-state index contributed by atoms with van der Waals surface area (Å²) in [6, 6.07) is 8.10. The van der Waals surface area contributed by atoms with E-state index in [0.29, 0.717) is 0 Å². The number of nitrogens with zero attached hydrogens (tertiary/aromatic N) is 1.